The Balaban J connectivity index is 1.44. The Morgan fingerprint density at radius 1 is 1.23 bits per heavy atom. The van der Waals surface area contributed by atoms with E-state index >= 15 is 0 Å². The normalized spacial score (nSPS) is 11.3. The molecule has 0 aliphatic rings. The fourth-order valence-corrected chi connectivity index (χ4v) is 4.72. The Hall–Kier alpha value is -2.72. The first-order valence-electron chi connectivity index (χ1n) is 9.63. The van der Waals surface area contributed by atoms with Gasteiger partial charge >= 0.3 is 0 Å². The molecule has 156 valence electrons. The van der Waals surface area contributed by atoms with Gasteiger partial charge in [0.05, 0.1) is 5.69 Å². The molecule has 0 saturated heterocycles. The van der Waals surface area contributed by atoms with Gasteiger partial charge in [-0.3, -0.25) is 4.79 Å². The van der Waals surface area contributed by atoms with Crippen molar-refractivity contribution in [3.05, 3.63) is 62.8 Å². The fraction of sp³-hybridized carbons (Fsp3) is 0.350. The summed E-state index contributed by atoms with van der Waals surface area (Å²) in [7, 11) is 1.91. The van der Waals surface area contributed by atoms with E-state index in [-0.39, 0.29) is 5.56 Å². The van der Waals surface area contributed by atoms with Crippen LogP contribution in [0.4, 0.5) is 0 Å². The van der Waals surface area contributed by atoms with Crippen molar-refractivity contribution >= 4 is 28.1 Å². The molecule has 4 aromatic rings. The highest BCUT2D eigenvalue weighted by molar-refractivity contribution is 7.98. The molecule has 30 heavy (non-hydrogen) atoms. The summed E-state index contributed by atoms with van der Waals surface area (Å²) in [6.07, 6.45) is 1.84. The average molecular weight is 443 g/mol. The third-order valence-electron chi connectivity index (χ3n) is 4.53. The fourth-order valence-electron chi connectivity index (χ4n) is 2.88. The van der Waals surface area contributed by atoms with Gasteiger partial charge in [0.25, 0.3) is 5.56 Å². The second-order valence-corrected chi connectivity index (χ2v) is 8.81. The van der Waals surface area contributed by atoms with Gasteiger partial charge in [-0.25, -0.2) is 4.98 Å². The van der Waals surface area contributed by atoms with Crippen molar-refractivity contribution in [3.63, 3.8) is 0 Å². The summed E-state index contributed by atoms with van der Waals surface area (Å²) in [5, 5.41) is 14.5. The molecule has 0 spiro atoms. The maximum absolute atomic E-state index is 12.4. The Bertz CT molecular complexity index is 1230. The quantitative estimate of drug-likeness (QED) is 0.386. The number of rotatable bonds is 8. The summed E-state index contributed by atoms with van der Waals surface area (Å²) in [5.74, 6) is 2.09. The number of fused-ring (bicyclic) bond motifs is 1. The molecule has 4 rings (SSSR count). The van der Waals surface area contributed by atoms with E-state index in [1.807, 2.05) is 42.8 Å². The molecule has 0 aliphatic heterocycles. The van der Waals surface area contributed by atoms with Crippen molar-refractivity contribution in [1.29, 1.82) is 0 Å². The van der Waals surface area contributed by atoms with Crippen LogP contribution in [0.1, 0.15) is 35.4 Å². The molecule has 0 atom stereocenters. The lowest BCUT2D eigenvalue weighted by atomic mass is 10.2. The molecular weight excluding hydrogens is 420 g/mol. The lowest BCUT2D eigenvalue weighted by Gasteiger charge is -2.08. The molecular formula is C20H22N6O2S2. The number of aryl methyl sites for hydroxylation is 2. The molecule has 10 heteroatoms. The number of benzene rings is 1. The Morgan fingerprint density at radius 3 is 2.87 bits per heavy atom. The van der Waals surface area contributed by atoms with Crippen LogP contribution in [0.2, 0.25) is 0 Å². The van der Waals surface area contributed by atoms with Crippen molar-refractivity contribution in [2.45, 2.75) is 44.2 Å². The van der Waals surface area contributed by atoms with Gasteiger partial charge in [-0.1, -0.05) is 48.2 Å². The zero-order valence-electron chi connectivity index (χ0n) is 17.0. The third kappa shape index (κ3) is 4.39. The first kappa shape index (κ1) is 20.5. The number of nitrogens with zero attached hydrogens (tertiary/aromatic N) is 6. The van der Waals surface area contributed by atoms with E-state index in [0.29, 0.717) is 23.0 Å². The van der Waals surface area contributed by atoms with Crippen molar-refractivity contribution < 1.29 is 4.74 Å². The topological polar surface area (TPSA) is 87.2 Å². The third-order valence-corrected chi connectivity index (χ3v) is 6.55. The van der Waals surface area contributed by atoms with Crippen LogP contribution < -0.4 is 10.3 Å². The van der Waals surface area contributed by atoms with E-state index in [1.54, 1.807) is 0 Å². The van der Waals surface area contributed by atoms with Crippen LogP contribution in [0.3, 0.4) is 0 Å². The Kier molecular flexibility index (Phi) is 6.14. The van der Waals surface area contributed by atoms with Gasteiger partial charge in [0.15, 0.2) is 11.0 Å². The molecule has 0 fully saturated rings. The number of hydrogen-bond donors (Lipinski definition) is 0. The summed E-state index contributed by atoms with van der Waals surface area (Å²) < 4.78 is 9.16. The molecule has 8 nitrogen and oxygen atoms in total. The predicted octanol–water partition coefficient (Wildman–Crippen LogP) is 3.41. The highest BCUT2D eigenvalue weighted by Crippen LogP contribution is 2.22. The van der Waals surface area contributed by atoms with Gasteiger partial charge in [-0.05, 0) is 25.0 Å². The van der Waals surface area contributed by atoms with E-state index in [0.717, 1.165) is 40.1 Å². The molecule has 3 aromatic heterocycles. The maximum Gasteiger partial charge on any atom is 0.275 e. The van der Waals surface area contributed by atoms with Crippen molar-refractivity contribution in [3.8, 4) is 5.75 Å². The second-order valence-electron chi connectivity index (χ2n) is 6.83. The summed E-state index contributed by atoms with van der Waals surface area (Å²) in [6, 6.07) is 9.41. The van der Waals surface area contributed by atoms with Crippen LogP contribution in [0, 0.1) is 6.92 Å². The van der Waals surface area contributed by atoms with E-state index < -0.39 is 0 Å². The molecule has 1 aromatic carbocycles. The molecule has 0 aliphatic carbocycles. The van der Waals surface area contributed by atoms with Crippen LogP contribution in [-0.4, -0.2) is 29.4 Å². The van der Waals surface area contributed by atoms with Gasteiger partial charge in [0, 0.05) is 25.3 Å². The zero-order chi connectivity index (χ0) is 21.1. The molecule has 0 radical (unpaired) electrons. The van der Waals surface area contributed by atoms with E-state index in [1.165, 1.54) is 33.7 Å². The highest BCUT2D eigenvalue weighted by atomic mass is 32.2. The standard InChI is InChI=1S/C20H22N6O2S2/c1-4-7-17-24-26-18(27)10-14(21-19(26)30-17)12-29-20-23-22-16(25(20)3)11-28-15-9-6-5-8-13(15)2/h5-6,8-10H,4,7,11-12H2,1-3H3. The van der Waals surface area contributed by atoms with Crippen LogP contribution >= 0.6 is 23.1 Å². The highest BCUT2D eigenvalue weighted by Gasteiger charge is 2.13. The van der Waals surface area contributed by atoms with Gasteiger partial charge < -0.3 is 9.30 Å². The smallest absolute Gasteiger partial charge is 0.275 e. The average Bonchev–Trinajstić information content (AvgIpc) is 3.29. The summed E-state index contributed by atoms with van der Waals surface area (Å²) in [4.78, 5) is 17.6. The van der Waals surface area contributed by atoms with Crippen molar-refractivity contribution in [2.75, 3.05) is 0 Å². The minimum absolute atomic E-state index is 0.153. The number of thioether (sulfide) groups is 1. The van der Waals surface area contributed by atoms with Crippen LogP contribution in [0.5, 0.6) is 5.75 Å². The number of para-hydroxylation sites is 1. The monoisotopic (exact) mass is 442 g/mol. The lowest BCUT2D eigenvalue weighted by molar-refractivity contribution is 0.288. The SMILES string of the molecule is CCCc1nn2c(=O)cc(CSc3nnc(COc4ccccc4C)n3C)nc2s1. The maximum atomic E-state index is 12.4. The first-order valence-corrected chi connectivity index (χ1v) is 11.4. The van der Waals surface area contributed by atoms with E-state index in [4.69, 9.17) is 4.74 Å². The molecule has 0 saturated carbocycles. The van der Waals surface area contributed by atoms with Crippen LogP contribution in [0.25, 0.3) is 4.96 Å². The lowest BCUT2D eigenvalue weighted by Crippen LogP contribution is -2.15. The zero-order valence-corrected chi connectivity index (χ0v) is 18.7. The molecule has 0 bridgehead atoms. The number of aromatic nitrogens is 6. The molecule has 0 amide bonds. The summed E-state index contributed by atoms with van der Waals surface area (Å²) >= 11 is 2.95. The largest absolute Gasteiger partial charge is 0.485 e. The van der Waals surface area contributed by atoms with Gasteiger partial charge in [0.1, 0.15) is 17.4 Å². The number of hydrogen-bond acceptors (Lipinski definition) is 8. The summed E-state index contributed by atoms with van der Waals surface area (Å²) in [6.45, 7) is 4.43. The Labute approximate surface area is 182 Å². The van der Waals surface area contributed by atoms with Gasteiger partial charge in [-0.2, -0.15) is 9.61 Å². The minimum atomic E-state index is -0.153. The first-order chi connectivity index (χ1) is 14.5. The van der Waals surface area contributed by atoms with Crippen LogP contribution in [0.15, 0.2) is 40.3 Å². The predicted molar refractivity (Wildman–Crippen MR) is 117 cm³/mol. The number of ether oxygens (including phenoxy) is 1. The van der Waals surface area contributed by atoms with E-state index in [2.05, 4.69) is 27.2 Å². The molecule has 3 heterocycles. The minimum Gasteiger partial charge on any atom is -0.485 e. The second kappa shape index (κ2) is 8.97. The summed E-state index contributed by atoms with van der Waals surface area (Å²) in [5.41, 5.74) is 1.63. The van der Waals surface area contributed by atoms with Crippen molar-refractivity contribution in [2.24, 2.45) is 7.05 Å². The van der Waals surface area contributed by atoms with Gasteiger partial charge in [0.2, 0.25) is 4.96 Å². The van der Waals surface area contributed by atoms with Gasteiger partial charge in [-0.15, -0.1) is 10.2 Å². The Morgan fingerprint density at radius 2 is 2.07 bits per heavy atom. The molecule has 0 unspecified atom stereocenters. The van der Waals surface area contributed by atoms with Crippen LogP contribution in [-0.2, 0) is 25.8 Å². The van der Waals surface area contributed by atoms with E-state index in [9.17, 15) is 4.79 Å². The molecule has 0 N–H and O–H groups in total. The van der Waals surface area contributed by atoms with Crippen molar-refractivity contribution in [1.82, 2.24) is 29.4 Å².